The van der Waals surface area contributed by atoms with Crippen LogP contribution in [-0.4, -0.2) is 48.1 Å². The molecule has 0 saturated carbocycles. The van der Waals surface area contributed by atoms with Gasteiger partial charge in [0.25, 0.3) is 0 Å². The summed E-state index contributed by atoms with van der Waals surface area (Å²) >= 11 is 0. The van der Waals surface area contributed by atoms with Crippen LogP contribution in [0.5, 0.6) is 0 Å². The molecule has 116 valence electrons. The van der Waals surface area contributed by atoms with Gasteiger partial charge in [-0.2, -0.15) is 0 Å². The van der Waals surface area contributed by atoms with Gasteiger partial charge in [-0.15, -0.1) is 0 Å². The van der Waals surface area contributed by atoms with Crippen molar-refractivity contribution in [2.45, 2.75) is 51.4 Å². The summed E-state index contributed by atoms with van der Waals surface area (Å²) in [5.74, 6) is -2.39. The van der Waals surface area contributed by atoms with E-state index in [9.17, 15) is 24.6 Å². The number of carboxylic acids is 2. The van der Waals surface area contributed by atoms with Crippen molar-refractivity contribution in [1.29, 1.82) is 0 Å². The van der Waals surface area contributed by atoms with E-state index in [-0.39, 0.29) is 35.9 Å². The number of ether oxygens (including phenoxy) is 1. The average Bonchev–Trinajstić information content (AvgIpc) is 2.40. The zero-order chi connectivity index (χ0) is 15.8. The molecule has 0 aromatic heterocycles. The molecule has 0 unspecified atom stereocenters. The molecule has 7 heteroatoms. The van der Waals surface area contributed by atoms with E-state index in [4.69, 9.17) is 0 Å². The van der Waals surface area contributed by atoms with E-state index in [2.05, 4.69) is 11.3 Å². The summed E-state index contributed by atoms with van der Waals surface area (Å²) in [5.41, 5.74) is 0. The summed E-state index contributed by atoms with van der Waals surface area (Å²) in [6.07, 6.45) is 6.34. The number of carbonyl (C=O) groups excluding carboxylic acids is 3. The first kappa shape index (κ1) is 24.9. The molecule has 0 aliphatic rings. The van der Waals surface area contributed by atoms with E-state index in [0.29, 0.717) is 12.8 Å². The molecule has 0 radical (unpaired) electrons. The number of hydrogen-bond donors (Lipinski definition) is 0. The molecule has 0 fully saturated rings. The van der Waals surface area contributed by atoms with E-state index in [1.165, 1.54) is 7.11 Å². The van der Waals surface area contributed by atoms with Crippen LogP contribution < -0.4 is 10.2 Å². The molecule has 0 aliphatic heterocycles. The minimum Gasteiger partial charge on any atom is -0.550 e. The van der Waals surface area contributed by atoms with Gasteiger partial charge in [0.05, 0.1) is 7.11 Å². The van der Waals surface area contributed by atoms with Gasteiger partial charge in [0.2, 0.25) is 0 Å². The van der Waals surface area contributed by atoms with E-state index in [1.807, 2.05) is 0 Å². The third-order valence-corrected chi connectivity index (χ3v) is 2.38. The number of esters is 1. The number of carboxylic acid groups (broad SMARTS) is 2. The summed E-state index contributed by atoms with van der Waals surface area (Å²) in [7, 11) is 1.31. The van der Waals surface area contributed by atoms with Crippen molar-refractivity contribution in [3.63, 3.8) is 0 Å². The van der Waals surface area contributed by atoms with Crippen LogP contribution in [0.4, 0.5) is 0 Å². The molecular weight excluding hydrogens is 288 g/mol. The number of unbranched alkanes of at least 4 members (excludes halogenated alkanes) is 5. The van der Waals surface area contributed by atoms with Crippen LogP contribution >= 0.6 is 0 Å². The fourth-order valence-corrected chi connectivity index (χ4v) is 1.33. The molecule has 0 spiro atoms. The first-order chi connectivity index (χ1) is 9.43. The molecule has 0 aromatic rings. The van der Waals surface area contributed by atoms with Crippen molar-refractivity contribution in [1.82, 2.24) is 0 Å². The SMILES string of the molecule is C=CC(=O)OC.O=C([O-])CCCCCCCCC(=O)[O-].[Mg+2]. The molecule has 6 nitrogen and oxygen atoms in total. The van der Waals surface area contributed by atoms with Crippen molar-refractivity contribution in [3.8, 4) is 0 Å². The van der Waals surface area contributed by atoms with Crippen molar-refractivity contribution in [2.75, 3.05) is 7.11 Å². The molecule has 0 heterocycles. The molecule has 0 amide bonds. The summed E-state index contributed by atoms with van der Waals surface area (Å²) in [4.78, 5) is 29.9. The fourth-order valence-electron chi connectivity index (χ4n) is 1.33. The summed E-state index contributed by atoms with van der Waals surface area (Å²) in [5, 5.41) is 20.1. The van der Waals surface area contributed by atoms with Gasteiger partial charge in [0.15, 0.2) is 0 Å². The van der Waals surface area contributed by atoms with Crippen molar-refractivity contribution >= 4 is 41.0 Å². The maximum Gasteiger partial charge on any atom is 2.00 e. The normalized spacial score (nSPS) is 8.62. The largest absolute Gasteiger partial charge is 2.00 e. The van der Waals surface area contributed by atoms with Gasteiger partial charge in [-0.3, -0.25) is 0 Å². The quantitative estimate of drug-likeness (QED) is 0.234. The van der Waals surface area contributed by atoms with E-state index in [1.54, 1.807) is 0 Å². The zero-order valence-corrected chi connectivity index (χ0v) is 14.0. The second kappa shape index (κ2) is 18.9. The van der Waals surface area contributed by atoms with Gasteiger partial charge in [0, 0.05) is 18.0 Å². The maximum atomic E-state index is 10.0. The van der Waals surface area contributed by atoms with Gasteiger partial charge >= 0.3 is 29.0 Å². The van der Waals surface area contributed by atoms with Crippen LogP contribution in [-0.2, 0) is 19.1 Å². The molecule has 0 bridgehead atoms. The smallest absolute Gasteiger partial charge is 0.550 e. The summed E-state index contributed by atoms with van der Waals surface area (Å²) in [6, 6.07) is 0. The second-order valence-electron chi connectivity index (χ2n) is 4.09. The van der Waals surface area contributed by atoms with Crippen molar-refractivity contribution in [2.24, 2.45) is 0 Å². The Morgan fingerprint density at radius 1 is 0.905 bits per heavy atom. The Hall–Kier alpha value is -1.08. The molecular formula is C14H22MgO6. The second-order valence-corrected chi connectivity index (χ2v) is 4.09. The average molecular weight is 311 g/mol. The Labute approximate surface area is 141 Å². The maximum absolute atomic E-state index is 10.0. The molecule has 0 aromatic carbocycles. The molecule has 0 rings (SSSR count). The van der Waals surface area contributed by atoms with Crippen LogP contribution in [0, 0.1) is 0 Å². The van der Waals surface area contributed by atoms with E-state index >= 15 is 0 Å². The summed E-state index contributed by atoms with van der Waals surface area (Å²) in [6.45, 7) is 3.16. The molecule has 0 atom stereocenters. The third kappa shape index (κ3) is 28.0. The van der Waals surface area contributed by atoms with Crippen LogP contribution in [0.2, 0.25) is 0 Å². The Kier molecular flexibility index (Phi) is 22.4. The van der Waals surface area contributed by atoms with E-state index in [0.717, 1.165) is 31.8 Å². The predicted molar refractivity (Wildman–Crippen MR) is 74.9 cm³/mol. The molecule has 0 N–H and O–H groups in total. The number of methoxy groups -OCH3 is 1. The molecule has 0 saturated heterocycles. The number of rotatable bonds is 10. The van der Waals surface area contributed by atoms with Gasteiger partial charge < -0.3 is 24.5 Å². The van der Waals surface area contributed by atoms with Gasteiger partial charge in [0.1, 0.15) is 0 Å². The number of aliphatic carboxylic acids is 2. The van der Waals surface area contributed by atoms with Crippen LogP contribution in [0.25, 0.3) is 0 Å². The molecule has 0 aliphatic carbocycles. The third-order valence-electron chi connectivity index (χ3n) is 2.38. The van der Waals surface area contributed by atoms with Crippen molar-refractivity contribution < 1.29 is 29.3 Å². The Bertz CT molecular complexity index is 284. The fraction of sp³-hybridized carbons (Fsp3) is 0.643. The van der Waals surface area contributed by atoms with Gasteiger partial charge in [-0.05, 0) is 25.7 Å². The Morgan fingerprint density at radius 3 is 1.43 bits per heavy atom. The van der Waals surface area contributed by atoms with Gasteiger partial charge in [-0.1, -0.05) is 32.3 Å². The van der Waals surface area contributed by atoms with E-state index < -0.39 is 17.9 Å². The first-order valence-electron chi connectivity index (χ1n) is 6.54. The topological polar surface area (TPSA) is 107 Å². The van der Waals surface area contributed by atoms with Crippen LogP contribution in [0.3, 0.4) is 0 Å². The first-order valence-corrected chi connectivity index (χ1v) is 6.54. The summed E-state index contributed by atoms with van der Waals surface area (Å²) < 4.78 is 4.14. The van der Waals surface area contributed by atoms with Crippen LogP contribution in [0.1, 0.15) is 51.4 Å². The van der Waals surface area contributed by atoms with Gasteiger partial charge in [-0.25, -0.2) is 4.79 Å². The van der Waals surface area contributed by atoms with Crippen molar-refractivity contribution in [3.05, 3.63) is 12.7 Å². The number of carbonyl (C=O) groups is 3. The predicted octanol–water partition coefficient (Wildman–Crippen LogP) is -0.428. The Morgan fingerprint density at radius 2 is 1.24 bits per heavy atom. The minimum atomic E-state index is -0.998. The Balaban J connectivity index is -0.000000394. The minimum absolute atomic E-state index is 0. The monoisotopic (exact) mass is 310 g/mol. The number of hydrogen-bond acceptors (Lipinski definition) is 6. The standard InChI is InChI=1S/C10H18O4.C4H6O2.Mg/c11-9(12)7-5-3-1-2-4-6-8-10(13)14;1-3-4(5)6-2;/h1-8H2,(H,11,12)(H,13,14);3H,1H2,2H3;/q;;+2/p-2. The zero-order valence-electron chi connectivity index (χ0n) is 12.6. The molecule has 21 heavy (non-hydrogen) atoms. The van der Waals surface area contributed by atoms with Crippen LogP contribution in [0.15, 0.2) is 12.7 Å².